The van der Waals surface area contributed by atoms with Crippen LogP contribution in [0.15, 0.2) is 18.5 Å². The zero-order chi connectivity index (χ0) is 16.3. The topological polar surface area (TPSA) is 102 Å². The summed E-state index contributed by atoms with van der Waals surface area (Å²) in [5.74, 6) is -1.09. The average molecular weight is 309 g/mol. The van der Waals surface area contributed by atoms with E-state index in [1.807, 2.05) is 0 Å². The van der Waals surface area contributed by atoms with Gasteiger partial charge in [0, 0.05) is 18.8 Å². The normalized spacial score (nSPS) is 21.5. The van der Waals surface area contributed by atoms with Crippen LogP contribution < -0.4 is 4.74 Å². The van der Waals surface area contributed by atoms with E-state index in [-0.39, 0.29) is 19.0 Å². The number of carbonyl (C=O) groups is 2. The van der Waals surface area contributed by atoms with Crippen LogP contribution in [0.1, 0.15) is 27.2 Å². The van der Waals surface area contributed by atoms with Crippen LogP contribution in [0.2, 0.25) is 0 Å². The third-order valence-electron chi connectivity index (χ3n) is 2.99. The summed E-state index contributed by atoms with van der Waals surface area (Å²) < 4.78 is 10.8. The third-order valence-corrected chi connectivity index (χ3v) is 2.99. The third kappa shape index (κ3) is 4.06. The molecule has 0 spiro atoms. The molecule has 0 radical (unpaired) electrons. The number of rotatable bonds is 3. The number of carboxylic acids is 1. The molecular formula is C14H19N3O5. The highest BCUT2D eigenvalue weighted by Gasteiger charge is 2.42. The van der Waals surface area contributed by atoms with Gasteiger partial charge in [0.1, 0.15) is 17.7 Å². The zero-order valence-electron chi connectivity index (χ0n) is 12.7. The number of amides is 1. The number of carboxylic acid groups (broad SMARTS) is 1. The number of ether oxygens (including phenoxy) is 2. The molecule has 1 aliphatic heterocycles. The lowest BCUT2D eigenvalue weighted by atomic mass is 10.2. The van der Waals surface area contributed by atoms with Gasteiger partial charge < -0.3 is 14.6 Å². The molecule has 1 fully saturated rings. The smallest absolute Gasteiger partial charge is 0.411 e. The lowest BCUT2D eigenvalue weighted by molar-refractivity contribution is -0.142. The Bertz CT molecular complexity index is 543. The Labute approximate surface area is 128 Å². The van der Waals surface area contributed by atoms with Gasteiger partial charge in [-0.25, -0.2) is 19.6 Å². The fourth-order valence-corrected chi connectivity index (χ4v) is 2.13. The molecule has 1 aromatic heterocycles. The second kappa shape index (κ2) is 6.17. The molecule has 0 aliphatic carbocycles. The first-order chi connectivity index (χ1) is 10.3. The maximum absolute atomic E-state index is 12.1. The number of hydrogen-bond acceptors (Lipinski definition) is 6. The van der Waals surface area contributed by atoms with Gasteiger partial charge in [0.15, 0.2) is 0 Å². The van der Waals surface area contributed by atoms with Crippen molar-refractivity contribution in [1.29, 1.82) is 0 Å². The van der Waals surface area contributed by atoms with Crippen LogP contribution in [-0.2, 0) is 9.53 Å². The van der Waals surface area contributed by atoms with Crippen molar-refractivity contribution in [2.75, 3.05) is 6.54 Å². The monoisotopic (exact) mass is 309 g/mol. The Balaban J connectivity index is 2.06. The number of likely N-dealkylation sites (tertiary alicyclic amines) is 1. The summed E-state index contributed by atoms with van der Waals surface area (Å²) >= 11 is 0. The first-order valence-corrected chi connectivity index (χ1v) is 6.92. The fourth-order valence-electron chi connectivity index (χ4n) is 2.13. The molecule has 1 saturated heterocycles. The standard InChI is InChI=1S/C14H19N3O5/c1-14(2,3)22-13(20)17-8-9(7-10(17)11(18)19)21-12-15-5-4-6-16-12/h4-6,9-10H,7-8H2,1-3H3,(H,18,19)/t9-,10+/m1/s1. The second-order valence-electron chi connectivity index (χ2n) is 5.99. The summed E-state index contributed by atoms with van der Waals surface area (Å²) in [6, 6.07) is 0.820. The molecule has 8 nitrogen and oxygen atoms in total. The van der Waals surface area contributed by atoms with E-state index in [1.165, 1.54) is 17.3 Å². The van der Waals surface area contributed by atoms with Gasteiger partial charge in [-0.2, -0.15) is 0 Å². The molecule has 1 N–H and O–H groups in total. The molecular weight excluding hydrogens is 290 g/mol. The van der Waals surface area contributed by atoms with Crippen LogP contribution in [0, 0.1) is 0 Å². The van der Waals surface area contributed by atoms with Crippen LogP contribution in [-0.4, -0.2) is 56.3 Å². The Morgan fingerprint density at radius 1 is 1.32 bits per heavy atom. The van der Waals surface area contributed by atoms with Gasteiger partial charge in [-0.15, -0.1) is 0 Å². The van der Waals surface area contributed by atoms with E-state index in [2.05, 4.69) is 9.97 Å². The van der Waals surface area contributed by atoms with Crippen molar-refractivity contribution < 1.29 is 24.2 Å². The van der Waals surface area contributed by atoms with Crippen LogP contribution >= 0.6 is 0 Å². The van der Waals surface area contributed by atoms with Gasteiger partial charge in [0.2, 0.25) is 0 Å². The number of nitrogens with zero attached hydrogens (tertiary/aromatic N) is 3. The van der Waals surface area contributed by atoms with E-state index in [9.17, 15) is 14.7 Å². The fraction of sp³-hybridized carbons (Fsp3) is 0.571. The maximum atomic E-state index is 12.1. The van der Waals surface area contributed by atoms with E-state index in [1.54, 1.807) is 26.8 Å². The SMILES string of the molecule is CC(C)(C)OC(=O)N1C[C@H](Oc2ncccn2)C[C@H]1C(=O)O. The number of aromatic nitrogens is 2. The highest BCUT2D eigenvalue weighted by Crippen LogP contribution is 2.24. The van der Waals surface area contributed by atoms with E-state index in [4.69, 9.17) is 9.47 Å². The number of hydrogen-bond donors (Lipinski definition) is 1. The Hall–Kier alpha value is -2.38. The van der Waals surface area contributed by atoms with E-state index >= 15 is 0 Å². The van der Waals surface area contributed by atoms with Crippen molar-refractivity contribution in [3.8, 4) is 6.01 Å². The summed E-state index contributed by atoms with van der Waals surface area (Å²) in [5, 5.41) is 9.28. The van der Waals surface area contributed by atoms with Crippen molar-refractivity contribution >= 4 is 12.1 Å². The lowest BCUT2D eigenvalue weighted by Gasteiger charge is -2.26. The molecule has 0 aromatic carbocycles. The predicted octanol–water partition coefficient (Wildman–Crippen LogP) is 1.32. The number of carbonyl (C=O) groups excluding carboxylic acids is 1. The molecule has 120 valence electrons. The predicted molar refractivity (Wildman–Crippen MR) is 75.4 cm³/mol. The first-order valence-electron chi connectivity index (χ1n) is 6.92. The maximum Gasteiger partial charge on any atom is 0.411 e. The van der Waals surface area contributed by atoms with Crippen molar-refractivity contribution in [3.63, 3.8) is 0 Å². The lowest BCUT2D eigenvalue weighted by Crippen LogP contribution is -2.43. The van der Waals surface area contributed by atoms with Crippen molar-refractivity contribution in [2.45, 2.75) is 44.9 Å². The molecule has 2 atom stereocenters. The molecule has 0 saturated carbocycles. The van der Waals surface area contributed by atoms with E-state index in [0.717, 1.165) is 0 Å². The van der Waals surface area contributed by atoms with Gasteiger partial charge in [0.25, 0.3) is 0 Å². The van der Waals surface area contributed by atoms with E-state index < -0.39 is 29.8 Å². The first kappa shape index (κ1) is 16.0. The second-order valence-corrected chi connectivity index (χ2v) is 5.99. The van der Waals surface area contributed by atoms with Crippen LogP contribution in [0.3, 0.4) is 0 Å². The van der Waals surface area contributed by atoms with Gasteiger partial charge in [0.05, 0.1) is 6.54 Å². The van der Waals surface area contributed by atoms with Gasteiger partial charge >= 0.3 is 18.1 Å². The quantitative estimate of drug-likeness (QED) is 0.898. The minimum Gasteiger partial charge on any atom is -0.480 e. The highest BCUT2D eigenvalue weighted by atomic mass is 16.6. The van der Waals surface area contributed by atoms with Gasteiger partial charge in [-0.05, 0) is 26.8 Å². The summed E-state index contributed by atoms with van der Waals surface area (Å²) in [7, 11) is 0. The van der Waals surface area contributed by atoms with E-state index in [0.29, 0.717) is 0 Å². The summed E-state index contributed by atoms with van der Waals surface area (Å²) in [4.78, 5) is 32.5. The molecule has 1 aliphatic rings. The van der Waals surface area contributed by atoms with Crippen molar-refractivity contribution in [1.82, 2.24) is 14.9 Å². The minimum absolute atomic E-state index is 0.115. The highest BCUT2D eigenvalue weighted by molar-refractivity contribution is 5.81. The largest absolute Gasteiger partial charge is 0.480 e. The summed E-state index contributed by atoms with van der Waals surface area (Å²) in [5.41, 5.74) is -0.693. The van der Waals surface area contributed by atoms with Crippen LogP contribution in [0.5, 0.6) is 6.01 Å². The van der Waals surface area contributed by atoms with Crippen molar-refractivity contribution in [2.24, 2.45) is 0 Å². The Kier molecular flexibility index (Phi) is 4.48. The van der Waals surface area contributed by atoms with Gasteiger partial charge in [-0.1, -0.05) is 0 Å². The minimum atomic E-state index is -1.09. The molecule has 0 bridgehead atoms. The zero-order valence-corrected chi connectivity index (χ0v) is 12.7. The molecule has 2 rings (SSSR count). The molecule has 2 heterocycles. The van der Waals surface area contributed by atoms with Crippen molar-refractivity contribution in [3.05, 3.63) is 18.5 Å². The average Bonchev–Trinajstić information content (AvgIpc) is 2.82. The van der Waals surface area contributed by atoms with Crippen LogP contribution in [0.25, 0.3) is 0 Å². The molecule has 1 amide bonds. The summed E-state index contributed by atoms with van der Waals surface area (Å²) in [6.07, 6.45) is 2.05. The van der Waals surface area contributed by atoms with Crippen LogP contribution in [0.4, 0.5) is 4.79 Å². The Morgan fingerprint density at radius 2 is 1.95 bits per heavy atom. The Morgan fingerprint density at radius 3 is 2.50 bits per heavy atom. The molecule has 0 unspecified atom stereocenters. The molecule has 22 heavy (non-hydrogen) atoms. The summed E-state index contributed by atoms with van der Waals surface area (Å²) in [6.45, 7) is 5.29. The van der Waals surface area contributed by atoms with Gasteiger partial charge in [-0.3, -0.25) is 4.90 Å². The molecule has 8 heteroatoms. The molecule has 1 aromatic rings. The number of aliphatic carboxylic acids is 1.